The number of hydrogen-bond donors (Lipinski definition) is 2. The fourth-order valence-corrected chi connectivity index (χ4v) is 1.26. The number of carbonyl (C=O) groups is 1. The Kier molecular flexibility index (Phi) is 2.22. The predicted molar refractivity (Wildman–Crippen MR) is 42.0 cm³/mol. The molecule has 4 nitrogen and oxygen atoms in total. The van der Waals surface area contributed by atoms with Crippen LogP contribution in [0, 0.1) is 5.41 Å². The van der Waals surface area contributed by atoms with E-state index in [1.165, 1.54) is 0 Å². The quantitative estimate of drug-likeness (QED) is 0.395. The van der Waals surface area contributed by atoms with Crippen LogP contribution in [0.2, 0.25) is 0 Å². The van der Waals surface area contributed by atoms with E-state index in [2.05, 4.69) is 4.74 Å². The van der Waals surface area contributed by atoms with Crippen LogP contribution in [-0.2, 0) is 4.79 Å². The fraction of sp³-hybridized carbons (Fsp3) is 0. The first-order valence-corrected chi connectivity index (χ1v) is 3.60. The van der Waals surface area contributed by atoms with E-state index in [-0.39, 0.29) is 5.84 Å². The molecule has 0 atom stereocenters. The topological polar surface area (TPSA) is 76.2 Å². The highest BCUT2D eigenvalue weighted by atomic mass is 32.1. The van der Waals surface area contributed by atoms with E-state index in [0.29, 0.717) is 16.4 Å². The number of nitrogens with one attached hydrogen (secondary N) is 1. The third kappa shape index (κ3) is 1.78. The Morgan fingerprint density at radius 2 is 2.45 bits per heavy atom. The van der Waals surface area contributed by atoms with Crippen LogP contribution in [0.4, 0.5) is 0 Å². The molecule has 0 unspecified atom stereocenters. The number of nitrogens with two attached hydrogens (primary N) is 1. The lowest BCUT2D eigenvalue weighted by atomic mass is 10.4. The van der Waals surface area contributed by atoms with Gasteiger partial charge in [0.05, 0.1) is 4.88 Å². The first-order chi connectivity index (χ1) is 5.24. The van der Waals surface area contributed by atoms with Crippen molar-refractivity contribution in [3.8, 4) is 5.06 Å². The van der Waals surface area contributed by atoms with Crippen LogP contribution in [0.5, 0.6) is 5.06 Å². The van der Waals surface area contributed by atoms with E-state index in [1.54, 1.807) is 12.1 Å². The number of rotatable bonds is 3. The third-order valence-electron chi connectivity index (χ3n) is 1.01. The van der Waals surface area contributed by atoms with Crippen molar-refractivity contribution in [2.45, 2.75) is 0 Å². The molecule has 1 heterocycles. The molecule has 5 heteroatoms. The highest BCUT2D eigenvalue weighted by Crippen LogP contribution is 2.22. The summed E-state index contributed by atoms with van der Waals surface area (Å²) in [5, 5.41) is 7.47. The number of carbonyl (C=O) groups excluding carboxylic acids is 1. The van der Waals surface area contributed by atoms with Gasteiger partial charge in [0.25, 0.3) is 6.47 Å². The molecule has 0 aromatic carbocycles. The van der Waals surface area contributed by atoms with Crippen molar-refractivity contribution in [1.82, 2.24) is 0 Å². The number of amidine groups is 1. The summed E-state index contributed by atoms with van der Waals surface area (Å²) < 4.78 is 4.52. The zero-order chi connectivity index (χ0) is 8.27. The van der Waals surface area contributed by atoms with E-state index in [4.69, 9.17) is 11.1 Å². The van der Waals surface area contributed by atoms with Crippen molar-refractivity contribution >= 4 is 23.6 Å². The van der Waals surface area contributed by atoms with Crippen molar-refractivity contribution < 1.29 is 9.53 Å². The first-order valence-electron chi connectivity index (χ1n) is 2.78. The van der Waals surface area contributed by atoms with Gasteiger partial charge in [-0.05, 0) is 12.1 Å². The Hall–Kier alpha value is -1.36. The van der Waals surface area contributed by atoms with Crippen LogP contribution in [0.15, 0.2) is 12.1 Å². The van der Waals surface area contributed by atoms with Crippen LogP contribution >= 0.6 is 11.3 Å². The summed E-state index contributed by atoms with van der Waals surface area (Å²) in [6.07, 6.45) is 0. The van der Waals surface area contributed by atoms with Crippen LogP contribution in [0.25, 0.3) is 0 Å². The van der Waals surface area contributed by atoms with E-state index in [0.717, 1.165) is 11.3 Å². The van der Waals surface area contributed by atoms with Crippen molar-refractivity contribution in [1.29, 1.82) is 5.41 Å². The van der Waals surface area contributed by atoms with Crippen LogP contribution in [-0.4, -0.2) is 12.3 Å². The standard InChI is InChI=1S/C6H6N2O2S/c7-6(8)4-1-2-5(11-4)10-3-9/h1-3H,(H3,7,8). The second-order valence-electron chi connectivity index (χ2n) is 1.75. The van der Waals surface area contributed by atoms with E-state index in [9.17, 15) is 4.79 Å². The summed E-state index contributed by atoms with van der Waals surface area (Å²) in [5.74, 6) is -0.0178. The van der Waals surface area contributed by atoms with Crippen molar-refractivity contribution in [3.05, 3.63) is 17.0 Å². The molecule has 3 N–H and O–H groups in total. The minimum atomic E-state index is -0.0178. The molecule has 0 saturated carbocycles. The molecule has 0 saturated heterocycles. The third-order valence-corrected chi connectivity index (χ3v) is 2.02. The first kappa shape index (κ1) is 7.74. The molecule has 0 bridgehead atoms. The maximum Gasteiger partial charge on any atom is 0.299 e. The van der Waals surface area contributed by atoms with Crippen LogP contribution in [0.3, 0.4) is 0 Å². The van der Waals surface area contributed by atoms with Gasteiger partial charge < -0.3 is 10.5 Å². The van der Waals surface area contributed by atoms with Gasteiger partial charge in [0.15, 0.2) is 5.06 Å². The van der Waals surface area contributed by atoms with Gasteiger partial charge in [-0.15, -0.1) is 0 Å². The predicted octanol–water partition coefficient (Wildman–Crippen LogP) is 0.567. The molecule has 0 spiro atoms. The molecule has 1 aromatic rings. The summed E-state index contributed by atoms with van der Waals surface area (Å²) in [6, 6.07) is 3.22. The van der Waals surface area contributed by atoms with Gasteiger partial charge in [-0.2, -0.15) is 0 Å². The van der Waals surface area contributed by atoms with Gasteiger partial charge in [-0.1, -0.05) is 11.3 Å². The van der Waals surface area contributed by atoms with E-state index in [1.807, 2.05) is 0 Å². The van der Waals surface area contributed by atoms with Crippen LogP contribution in [0.1, 0.15) is 4.88 Å². The molecule has 1 rings (SSSR count). The number of ether oxygens (including phenoxy) is 1. The molecule has 0 fully saturated rings. The van der Waals surface area contributed by atoms with Gasteiger partial charge in [-0.25, -0.2) is 0 Å². The minimum absolute atomic E-state index is 0.0178. The zero-order valence-electron chi connectivity index (χ0n) is 5.53. The maximum atomic E-state index is 9.85. The second kappa shape index (κ2) is 3.16. The SMILES string of the molecule is N=C(N)c1ccc(OC=O)s1. The fourth-order valence-electron chi connectivity index (χ4n) is 0.576. The summed E-state index contributed by atoms with van der Waals surface area (Å²) in [7, 11) is 0. The van der Waals surface area contributed by atoms with Crippen molar-refractivity contribution in [2.24, 2.45) is 5.73 Å². The van der Waals surface area contributed by atoms with Crippen LogP contribution < -0.4 is 10.5 Å². The lowest BCUT2D eigenvalue weighted by Crippen LogP contribution is -2.08. The van der Waals surface area contributed by atoms with Gasteiger partial charge in [0.1, 0.15) is 5.84 Å². The van der Waals surface area contributed by atoms with Crippen molar-refractivity contribution in [2.75, 3.05) is 0 Å². The average Bonchev–Trinajstić information content (AvgIpc) is 2.37. The van der Waals surface area contributed by atoms with Gasteiger partial charge >= 0.3 is 0 Å². The summed E-state index contributed by atoms with van der Waals surface area (Å²) in [4.78, 5) is 10.5. The van der Waals surface area contributed by atoms with E-state index < -0.39 is 0 Å². The molecule has 1 aromatic heterocycles. The molecule has 58 valence electrons. The molecule has 0 aliphatic carbocycles. The zero-order valence-corrected chi connectivity index (χ0v) is 6.35. The van der Waals surface area contributed by atoms with Gasteiger partial charge in [0, 0.05) is 0 Å². The number of hydrogen-bond acceptors (Lipinski definition) is 4. The highest BCUT2D eigenvalue weighted by Gasteiger charge is 2.01. The molecule has 11 heavy (non-hydrogen) atoms. The lowest BCUT2D eigenvalue weighted by molar-refractivity contribution is -0.120. The summed E-state index contributed by atoms with van der Waals surface area (Å²) in [5.41, 5.74) is 5.17. The largest absolute Gasteiger partial charge is 0.418 e. The maximum absolute atomic E-state index is 9.85. The lowest BCUT2D eigenvalue weighted by Gasteiger charge is -1.88. The highest BCUT2D eigenvalue weighted by molar-refractivity contribution is 7.15. The average molecular weight is 170 g/mol. The Morgan fingerprint density at radius 1 is 1.73 bits per heavy atom. The minimum Gasteiger partial charge on any atom is -0.418 e. The van der Waals surface area contributed by atoms with Crippen molar-refractivity contribution in [3.63, 3.8) is 0 Å². The Labute approximate surface area is 67.1 Å². The molecular formula is C6H6N2O2S. The monoisotopic (exact) mass is 170 g/mol. The number of thiophene rings is 1. The Balaban J connectivity index is 2.81. The Morgan fingerprint density at radius 3 is 2.91 bits per heavy atom. The summed E-state index contributed by atoms with van der Waals surface area (Å²) >= 11 is 1.16. The summed E-state index contributed by atoms with van der Waals surface area (Å²) in [6.45, 7) is 0.343. The normalized spacial score (nSPS) is 9.09. The molecular weight excluding hydrogens is 164 g/mol. The van der Waals surface area contributed by atoms with Gasteiger partial charge in [-0.3, -0.25) is 10.2 Å². The Bertz CT molecular complexity index is 282. The molecule has 0 aliphatic heterocycles. The van der Waals surface area contributed by atoms with Gasteiger partial charge in [0.2, 0.25) is 0 Å². The molecule has 0 aliphatic rings. The molecule has 0 amide bonds. The second-order valence-corrected chi connectivity index (χ2v) is 2.79. The van der Waals surface area contributed by atoms with E-state index >= 15 is 0 Å². The number of nitrogen functional groups attached to an aromatic ring is 1. The smallest absolute Gasteiger partial charge is 0.299 e. The molecule has 0 radical (unpaired) electrons.